The molecule has 2 aromatic rings. The van der Waals surface area contributed by atoms with Crippen molar-refractivity contribution in [1.82, 2.24) is 10.2 Å². The summed E-state index contributed by atoms with van der Waals surface area (Å²) in [6.07, 6.45) is 1.17. The number of benzene rings is 2. The molecule has 0 aliphatic rings. The number of amides is 2. The first-order chi connectivity index (χ1) is 12.7. The molecule has 0 heterocycles. The van der Waals surface area contributed by atoms with E-state index in [1.807, 2.05) is 38.1 Å². The van der Waals surface area contributed by atoms with Crippen LogP contribution in [0.15, 0.2) is 53.4 Å². The fourth-order valence-electron chi connectivity index (χ4n) is 2.55. The van der Waals surface area contributed by atoms with Gasteiger partial charge >= 0.3 is 6.03 Å². The molecule has 0 radical (unpaired) electrons. The van der Waals surface area contributed by atoms with Gasteiger partial charge in [0.05, 0.1) is 17.5 Å². The van der Waals surface area contributed by atoms with E-state index in [1.54, 1.807) is 36.2 Å². The minimum atomic E-state index is -3.23. The Bertz CT molecular complexity index is 879. The molecule has 7 heteroatoms. The Morgan fingerprint density at radius 2 is 1.85 bits per heavy atom. The summed E-state index contributed by atoms with van der Waals surface area (Å²) in [5, 5.41) is 2.82. The van der Waals surface area contributed by atoms with Crippen LogP contribution in [0.1, 0.15) is 24.1 Å². The second-order valence-corrected chi connectivity index (χ2v) is 8.54. The zero-order chi connectivity index (χ0) is 20.0. The normalized spacial score (nSPS) is 12.3. The van der Waals surface area contributed by atoms with Crippen molar-refractivity contribution >= 4 is 15.9 Å². The molecule has 0 spiro atoms. The average molecular weight is 391 g/mol. The molecule has 146 valence electrons. The van der Waals surface area contributed by atoms with Crippen LogP contribution in [-0.2, 0) is 9.84 Å². The van der Waals surface area contributed by atoms with Crippen LogP contribution in [-0.4, -0.2) is 45.8 Å². The van der Waals surface area contributed by atoms with Gasteiger partial charge in [-0.1, -0.05) is 24.3 Å². The number of nitrogens with zero attached hydrogens (tertiary/aromatic N) is 1. The molecule has 0 aliphatic heterocycles. The van der Waals surface area contributed by atoms with Crippen molar-refractivity contribution in [2.45, 2.75) is 24.8 Å². The maximum atomic E-state index is 12.3. The summed E-state index contributed by atoms with van der Waals surface area (Å²) < 4.78 is 28.7. The lowest BCUT2D eigenvalue weighted by Crippen LogP contribution is -2.40. The summed E-state index contributed by atoms with van der Waals surface area (Å²) in [7, 11) is -1.53. The first-order valence-corrected chi connectivity index (χ1v) is 10.6. The van der Waals surface area contributed by atoms with Crippen LogP contribution in [0.5, 0.6) is 5.75 Å². The van der Waals surface area contributed by atoms with Crippen molar-refractivity contribution in [1.29, 1.82) is 0 Å². The van der Waals surface area contributed by atoms with E-state index in [0.717, 1.165) is 16.9 Å². The van der Waals surface area contributed by atoms with Gasteiger partial charge < -0.3 is 15.0 Å². The molecule has 0 saturated heterocycles. The maximum absolute atomic E-state index is 12.3. The molecule has 0 fully saturated rings. The molecule has 27 heavy (non-hydrogen) atoms. The number of aryl methyl sites for hydroxylation is 1. The highest BCUT2D eigenvalue weighted by atomic mass is 32.2. The average Bonchev–Trinajstić information content (AvgIpc) is 2.63. The molecule has 0 aliphatic carbocycles. The largest absolute Gasteiger partial charge is 0.492 e. The quantitative estimate of drug-likeness (QED) is 0.737. The molecule has 2 rings (SSSR count). The third-order valence-electron chi connectivity index (χ3n) is 4.33. The second kappa shape index (κ2) is 8.90. The fraction of sp³-hybridized carbons (Fsp3) is 0.350. The van der Waals surface area contributed by atoms with Crippen molar-refractivity contribution < 1.29 is 17.9 Å². The van der Waals surface area contributed by atoms with Crippen LogP contribution >= 0.6 is 0 Å². The molecule has 6 nitrogen and oxygen atoms in total. The number of nitrogens with one attached hydrogen (secondary N) is 1. The van der Waals surface area contributed by atoms with E-state index in [-0.39, 0.29) is 17.0 Å². The topological polar surface area (TPSA) is 75.7 Å². The highest BCUT2D eigenvalue weighted by molar-refractivity contribution is 7.90. The molecule has 0 aromatic heterocycles. The van der Waals surface area contributed by atoms with Crippen molar-refractivity contribution in [2.24, 2.45) is 0 Å². The lowest BCUT2D eigenvalue weighted by molar-refractivity contribution is 0.191. The van der Waals surface area contributed by atoms with Gasteiger partial charge in [0.1, 0.15) is 12.4 Å². The van der Waals surface area contributed by atoms with Crippen molar-refractivity contribution in [2.75, 3.05) is 26.5 Å². The zero-order valence-corrected chi connectivity index (χ0v) is 16.9. The summed E-state index contributed by atoms with van der Waals surface area (Å²) in [6, 6.07) is 13.9. The molecule has 0 saturated carbocycles. The van der Waals surface area contributed by atoms with Crippen molar-refractivity contribution in [3.63, 3.8) is 0 Å². The monoisotopic (exact) mass is 390 g/mol. The summed E-state index contributed by atoms with van der Waals surface area (Å²) in [4.78, 5) is 14.1. The van der Waals surface area contributed by atoms with E-state index in [9.17, 15) is 13.2 Å². The highest BCUT2D eigenvalue weighted by Crippen LogP contribution is 2.20. The van der Waals surface area contributed by atoms with Crippen LogP contribution in [0.3, 0.4) is 0 Å². The summed E-state index contributed by atoms with van der Waals surface area (Å²) in [6.45, 7) is 4.64. The summed E-state index contributed by atoms with van der Waals surface area (Å²) >= 11 is 0. The van der Waals surface area contributed by atoms with Gasteiger partial charge in [0.2, 0.25) is 0 Å². The summed E-state index contributed by atoms with van der Waals surface area (Å²) in [5.41, 5.74) is 1.98. The molecule has 1 atom stereocenters. The van der Waals surface area contributed by atoms with Gasteiger partial charge in [0.15, 0.2) is 9.84 Å². The number of ether oxygens (including phenoxy) is 1. The van der Waals surface area contributed by atoms with Crippen LogP contribution < -0.4 is 10.1 Å². The minimum absolute atomic E-state index is 0.198. The summed E-state index contributed by atoms with van der Waals surface area (Å²) in [5.74, 6) is 0.775. The molecular formula is C20H26N2O4S. The van der Waals surface area contributed by atoms with E-state index in [0.29, 0.717) is 13.2 Å². The third-order valence-corrected chi connectivity index (χ3v) is 5.46. The minimum Gasteiger partial charge on any atom is -0.492 e. The number of hydrogen-bond donors (Lipinski definition) is 1. The Kier molecular flexibility index (Phi) is 6.85. The first kappa shape index (κ1) is 20.8. The predicted molar refractivity (Wildman–Crippen MR) is 106 cm³/mol. The number of carbonyl (C=O) groups excluding carboxylic acids is 1. The second-order valence-electron chi connectivity index (χ2n) is 6.52. The van der Waals surface area contributed by atoms with Gasteiger partial charge in [-0.15, -0.1) is 0 Å². The van der Waals surface area contributed by atoms with Crippen LogP contribution in [0.2, 0.25) is 0 Å². The van der Waals surface area contributed by atoms with Gasteiger partial charge in [0, 0.05) is 13.3 Å². The molecule has 0 bridgehead atoms. The van der Waals surface area contributed by atoms with E-state index >= 15 is 0 Å². The van der Waals surface area contributed by atoms with Gasteiger partial charge in [-0.05, 0) is 49.2 Å². The fourth-order valence-corrected chi connectivity index (χ4v) is 3.18. The van der Waals surface area contributed by atoms with Crippen LogP contribution in [0.4, 0.5) is 4.79 Å². The van der Waals surface area contributed by atoms with Crippen molar-refractivity contribution in [3.8, 4) is 5.75 Å². The van der Waals surface area contributed by atoms with Gasteiger partial charge in [0.25, 0.3) is 0 Å². The number of hydrogen-bond acceptors (Lipinski definition) is 4. The Morgan fingerprint density at radius 3 is 2.44 bits per heavy atom. The van der Waals surface area contributed by atoms with Crippen molar-refractivity contribution in [3.05, 3.63) is 59.7 Å². The van der Waals surface area contributed by atoms with Crippen LogP contribution in [0, 0.1) is 6.92 Å². The van der Waals surface area contributed by atoms with Gasteiger partial charge in [-0.3, -0.25) is 0 Å². The van der Waals surface area contributed by atoms with E-state index in [4.69, 9.17) is 4.74 Å². The lowest BCUT2D eigenvalue weighted by Gasteiger charge is -2.25. The lowest BCUT2D eigenvalue weighted by atomic mass is 10.1. The Labute approximate surface area is 161 Å². The molecule has 2 amide bonds. The highest BCUT2D eigenvalue weighted by Gasteiger charge is 2.17. The molecular weight excluding hydrogens is 364 g/mol. The van der Waals surface area contributed by atoms with E-state index < -0.39 is 9.84 Å². The Morgan fingerprint density at radius 1 is 1.19 bits per heavy atom. The number of urea groups is 1. The molecule has 0 unspecified atom stereocenters. The number of rotatable bonds is 7. The Hall–Kier alpha value is -2.54. The SMILES string of the molecule is Cc1cccc(OCCNC(=O)N(C)[C@@H](C)c2ccc(S(C)(=O)=O)cc2)c1. The molecule has 1 N–H and O–H groups in total. The maximum Gasteiger partial charge on any atom is 0.317 e. The number of sulfone groups is 1. The Balaban J connectivity index is 1.85. The van der Waals surface area contributed by atoms with Gasteiger partial charge in [-0.25, -0.2) is 13.2 Å². The van der Waals surface area contributed by atoms with E-state index in [1.165, 1.54) is 6.26 Å². The predicted octanol–water partition coefficient (Wildman–Crippen LogP) is 3.18. The molecule has 2 aromatic carbocycles. The smallest absolute Gasteiger partial charge is 0.317 e. The zero-order valence-electron chi connectivity index (χ0n) is 16.1. The third kappa shape index (κ3) is 5.99. The van der Waals surface area contributed by atoms with Crippen LogP contribution in [0.25, 0.3) is 0 Å². The van der Waals surface area contributed by atoms with E-state index in [2.05, 4.69) is 5.32 Å². The standard InChI is InChI=1S/C20H26N2O4S/c1-15-6-5-7-18(14-15)26-13-12-21-20(23)22(3)16(2)17-8-10-19(11-9-17)27(4,24)25/h5-11,14,16H,12-13H2,1-4H3,(H,21,23)/t16-/m0/s1. The van der Waals surface area contributed by atoms with Gasteiger partial charge in [-0.2, -0.15) is 0 Å². The number of carbonyl (C=O) groups is 1. The first-order valence-electron chi connectivity index (χ1n) is 8.68.